The van der Waals surface area contributed by atoms with Crippen LogP contribution in [0.1, 0.15) is 33.1 Å². The number of imidazole rings is 1. The molecule has 1 aromatic heterocycles. The summed E-state index contributed by atoms with van der Waals surface area (Å²) in [5.41, 5.74) is 2.37. The van der Waals surface area contributed by atoms with Crippen molar-refractivity contribution in [2.24, 2.45) is 5.92 Å². The minimum absolute atomic E-state index is 0.0399. The van der Waals surface area contributed by atoms with E-state index in [4.69, 9.17) is 19.2 Å². The molecule has 0 radical (unpaired) electrons. The van der Waals surface area contributed by atoms with Crippen LogP contribution in [0.5, 0.6) is 11.5 Å². The molecule has 2 heterocycles. The number of hydrogen-bond acceptors (Lipinski definition) is 6. The van der Waals surface area contributed by atoms with Crippen LogP contribution in [0.4, 0.5) is 5.95 Å². The fourth-order valence-electron chi connectivity index (χ4n) is 4.41. The number of rotatable bonds is 11. The van der Waals surface area contributed by atoms with E-state index in [0.717, 1.165) is 35.6 Å². The Labute approximate surface area is 223 Å². The summed E-state index contributed by atoms with van der Waals surface area (Å²) in [4.78, 5) is 32.6. The van der Waals surface area contributed by atoms with E-state index >= 15 is 0 Å². The second-order valence-electron chi connectivity index (χ2n) is 9.80. The summed E-state index contributed by atoms with van der Waals surface area (Å²) < 4.78 is 18.1. The van der Waals surface area contributed by atoms with Crippen molar-refractivity contribution in [3.63, 3.8) is 0 Å². The van der Waals surface area contributed by atoms with Gasteiger partial charge in [-0.1, -0.05) is 13.8 Å². The molecule has 0 bridgehead atoms. The molecule has 1 fully saturated rings. The molecule has 1 N–H and O–H groups in total. The molecular formula is C29H36N4O5. The summed E-state index contributed by atoms with van der Waals surface area (Å²) in [5.74, 6) is 1.65. The van der Waals surface area contributed by atoms with Crippen LogP contribution in [0.3, 0.4) is 0 Å². The van der Waals surface area contributed by atoms with E-state index in [1.165, 1.54) is 0 Å². The van der Waals surface area contributed by atoms with E-state index in [-0.39, 0.29) is 30.4 Å². The van der Waals surface area contributed by atoms with Gasteiger partial charge < -0.3 is 19.1 Å². The molecule has 9 nitrogen and oxygen atoms in total. The fourth-order valence-corrected chi connectivity index (χ4v) is 4.41. The Morgan fingerprint density at radius 1 is 1.08 bits per heavy atom. The summed E-state index contributed by atoms with van der Waals surface area (Å²) in [7, 11) is 3.23. The molecule has 4 rings (SSSR count). The highest BCUT2D eigenvalue weighted by Crippen LogP contribution is 2.27. The van der Waals surface area contributed by atoms with Gasteiger partial charge in [0.2, 0.25) is 17.8 Å². The van der Waals surface area contributed by atoms with Crippen LogP contribution in [0, 0.1) is 5.92 Å². The van der Waals surface area contributed by atoms with Gasteiger partial charge in [0, 0.05) is 37.0 Å². The standard InChI is InChI=1S/C29H36N4O5/c1-20(2)16-28(35)32(17-25-6-5-15-38-25)19-27(34)31-29-30-26(21-7-11-23(36-3)12-8-21)18-33(29)22-9-13-24(37-4)14-10-22/h7-14,18,20,25H,5-6,15-17,19H2,1-4H3,(H,30,31,34)/t25-/m0/s1. The van der Waals surface area contributed by atoms with E-state index < -0.39 is 0 Å². The van der Waals surface area contributed by atoms with E-state index in [1.807, 2.05) is 73.1 Å². The zero-order chi connectivity index (χ0) is 27.1. The van der Waals surface area contributed by atoms with Crippen LogP contribution in [0.15, 0.2) is 54.7 Å². The number of anilines is 1. The number of nitrogens with one attached hydrogen (secondary N) is 1. The molecule has 0 spiro atoms. The zero-order valence-corrected chi connectivity index (χ0v) is 22.5. The van der Waals surface area contributed by atoms with Gasteiger partial charge in [0.25, 0.3) is 0 Å². The number of amides is 2. The number of aromatic nitrogens is 2. The molecular weight excluding hydrogens is 484 g/mol. The van der Waals surface area contributed by atoms with Crippen molar-refractivity contribution in [2.75, 3.05) is 39.2 Å². The summed E-state index contributed by atoms with van der Waals surface area (Å²) in [6.07, 6.45) is 4.06. The third-order valence-corrected chi connectivity index (χ3v) is 6.41. The number of methoxy groups -OCH3 is 2. The van der Waals surface area contributed by atoms with Gasteiger partial charge in [0.1, 0.15) is 18.0 Å². The lowest BCUT2D eigenvalue weighted by molar-refractivity contribution is -0.136. The summed E-state index contributed by atoms with van der Waals surface area (Å²) in [5, 5.41) is 2.94. The first-order valence-electron chi connectivity index (χ1n) is 12.9. The second-order valence-corrected chi connectivity index (χ2v) is 9.80. The Hall–Kier alpha value is -3.85. The second kappa shape index (κ2) is 12.6. The van der Waals surface area contributed by atoms with Crippen LogP contribution >= 0.6 is 0 Å². The van der Waals surface area contributed by atoms with Gasteiger partial charge in [0.15, 0.2) is 0 Å². The molecule has 0 saturated carbocycles. The van der Waals surface area contributed by atoms with E-state index in [9.17, 15) is 9.59 Å². The van der Waals surface area contributed by atoms with Gasteiger partial charge in [-0.15, -0.1) is 0 Å². The predicted octanol–water partition coefficient (Wildman–Crippen LogP) is 4.55. The lowest BCUT2D eigenvalue weighted by Gasteiger charge is -2.25. The average Bonchev–Trinajstić information content (AvgIpc) is 3.58. The Balaban J connectivity index is 1.59. The van der Waals surface area contributed by atoms with Crippen LogP contribution in [0.2, 0.25) is 0 Å². The highest BCUT2D eigenvalue weighted by molar-refractivity contribution is 5.94. The van der Waals surface area contributed by atoms with Gasteiger partial charge in [-0.25, -0.2) is 4.98 Å². The molecule has 3 aromatic rings. The Kier molecular flexibility index (Phi) is 9.02. The molecule has 0 aliphatic carbocycles. The Morgan fingerprint density at radius 2 is 1.74 bits per heavy atom. The zero-order valence-electron chi connectivity index (χ0n) is 22.5. The highest BCUT2D eigenvalue weighted by Gasteiger charge is 2.25. The van der Waals surface area contributed by atoms with Gasteiger partial charge in [-0.2, -0.15) is 0 Å². The third-order valence-electron chi connectivity index (χ3n) is 6.41. The fraction of sp³-hybridized carbons (Fsp3) is 0.414. The minimum atomic E-state index is -0.318. The molecule has 1 aliphatic heterocycles. The molecule has 202 valence electrons. The Morgan fingerprint density at radius 3 is 2.32 bits per heavy atom. The molecule has 0 unspecified atom stereocenters. The average molecular weight is 521 g/mol. The quantitative estimate of drug-likeness (QED) is 0.399. The lowest BCUT2D eigenvalue weighted by Crippen LogP contribution is -2.42. The lowest BCUT2D eigenvalue weighted by atomic mass is 10.1. The number of ether oxygens (including phenoxy) is 3. The van der Waals surface area contributed by atoms with Crippen molar-refractivity contribution in [3.05, 3.63) is 54.7 Å². The van der Waals surface area contributed by atoms with E-state index in [2.05, 4.69) is 5.32 Å². The van der Waals surface area contributed by atoms with Crippen molar-refractivity contribution in [3.8, 4) is 28.4 Å². The molecule has 38 heavy (non-hydrogen) atoms. The van der Waals surface area contributed by atoms with Crippen LogP contribution in [0.25, 0.3) is 16.9 Å². The van der Waals surface area contributed by atoms with Gasteiger partial charge in [-0.05, 0) is 67.3 Å². The summed E-state index contributed by atoms with van der Waals surface area (Å²) in [6.45, 7) is 5.02. The molecule has 1 saturated heterocycles. The van der Waals surface area contributed by atoms with Crippen molar-refractivity contribution in [2.45, 2.75) is 39.2 Å². The summed E-state index contributed by atoms with van der Waals surface area (Å²) in [6, 6.07) is 15.0. The van der Waals surface area contributed by atoms with Gasteiger partial charge in [0.05, 0.1) is 26.0 Å². The maximum absolute atomic E-state index is 13.3. The van der Waals surface area contributed by atoms with Crippen molar-refractivity contribution >= 4 is 17.8 Å². The van der Waals surface area contributed by atoms with Gasteiger partial charge >= 0.3 is 0 Å². The smallest absolute Gasteiger partial charge is 0.246 e. The van der Waals surface area contributed by atoms with Crippen molar-refractivity contribution in [1.82, 2.24) is 14.5 Å². The van der Waals surface area contributed by atoms with E-state index in [1.54, 1.807) is 19.1 Å². The van der Waals surface area contributed by atoms with Crippen LogP contribution in [-0.4, -0.2) is 66.3 Å². The topological polar surface area (TPSA) is 94.9 Å². The Bertz CT molecular complexity index is 1210. The first kappa shape index (κ1) is 27.2. The number of carbonyl (C=O) groups excluding carboxylic acids is 2. The van der Waals surface area contributed by atoms with E-state index in [0.29, 0.717) is 31.2 Å². The summed E-state index contributed by atoms with van der Waals surface area (Å²) >= 11 is 0. The molecule has 1 atom stereocenters. The van der Waals surface area contributed by atoms with Crippen molar-refractivity contribution in [1.29, 1.82) is 0 Å². The SMILES string of the molecule is COc1ccc(-c2cn(-c3ccc(OC)cc3)c(NC(=O)CN(C[C@@H]3CCCO3)C(=O)CC(C)C)n2)cc1. The van der Waals surface area contributed by atoms with Crippen LogP contribution < -0.4 is 14.8 Å². The maximum atomic E-state index is 13.3. The predicted molar refractivity (Wildman–Crippen MR) is 146 cm³/mol. The van der Waals surface area contributed by atoms with Crippen LogP contribution in [-0.2, 0) is 14.3 Å². The molecule has 2 amide bonds. The van der Waals surface area contributed by atoms with Gasteiger partial charge in [-0.3, -0.25) is 19.5 Å². The molecule has 1 aliphatic rings. The highest BCUT2D eigenvalue weighted by atomic mass is 16.5. The number of nitrogens with zero attached hydrogens (tertiary/aromatic N) is 3. The monoisotopic (exact) mass is 520 g/mol. The first-order valence-corrected chi connectivity index (χ1v) is 12.9. The number of benzene rings is 2. The molecule has 9 heteroatoms. The number of carbonyl (C=O) groups is 2. The largest absolute Gasteiger partial charge is 0.497 e. The molecule has 2 aromatic carbocycles. The number of hydrogen-bond donors (Lipinski definition) is 1. The van der Waals surface area contributed by atoms with Crippen molar-refractivity contribution < 1.29 is 23.8 Å². The first-order chi connectivity index (χ1) is 18.4. The normalized spacial score (nSPS) is 14.9. The third kappa shape index (κ3) is 6.92. The maximum Gasteiger partial charge on any atom is 0.246 e. The minimum Gasteiger partial charge on any atom is -0.497 e.